The SMILES string of the molecule is CN1C(=O)C(c2ccccc2)(c2cccc(-c3ccc(Oc4ccccc4)cc3)c2)N=C1N. The van der Waals surface area contributed by atoms with E-state index in [1.807, 2.05) is 109 Å². The van der Waals surface area contributed by atoms with Crippen molar-refractivity contribution in [1.82, 2.24) is 4.90 Å². The lowest BCUT2D eigenvalue weighted by atomic mass is 9.82. The normalized spacial score (nSPS) is 17.7. The molecule has 33 heavy (non-hydrogen) atoms. The third-order valence-corrected chi connectivity index (χ3v) is 5.88. The van der Waals surface area contributed by atoms with Gasteiger partial charge in [0.2, 0.25) is 0 Å². The quantitative estimate of drug-likeness (QED) is 0.472. The molecular weight excluding hydrogens is 410 g/mol. The van der Waals surface area contributed by atoms with E-state index in [0.29, 0.717) is 0 Å². The zero-order valence-corrected chi connectivity index (χ0v) is 18.2. The van der Waals surface area contributed by atoms with Crippen LogP contribution >= 0.6 is 0 Å². The van der Waals surface area contributed by atoms with Gasteiger partial charge in [-0.3, -0.25) is 9.69 Å². The molecule has 0 saturated carbocycles. The van der Waals surface area contributed by atoms with E-state index in [1.54, 1.807) is 7.05 Å². The molecule has 1 atom stereocenters. The van der Waals surface area contributed by atoms with Crippen LogP contribution in [0.25, 0.3) is 11.1 Å². The molecule has 4 aromatic rings. The number of hydrogen-bond acceptors (Lipinski definition) is 4. The third kappa shape index (κ3) is 3.64. The van der Waals surface area contributed by atoms with Crippen molar-refractivity contribution in [2.75, 3.05) is 7.05 Å². The summed E-state index contributed by atoms with van der Waals surface area (Å²) in [6.07, 6.45) is 0. The van der Waals surface area contributed by atoms with E-state index >= 15 is 0 Å². The second kappa shape index (κ2) is 8.28. The van der Waals surface area contributed by atoms with E-state index in [4.69, 9.17) is 10.5 Å². The van der Waals surface area contributed by atoms with Gasteiger partial charge in [0.05, 0.1) is 0 Å². The molecule has 0 saturated heterocycles. The smallest absolute Gasteiger partial charge is 0.266 e. The van der Waals surface area contributed by atoms with Crippen LogP contribution in [-0.4, -0.2) is 23.8 Å². The van der Waals surface area contributed by atoms with E-state index < -0.39 is 5.54 Å². The molecule has 1 aliphatic heterocycles. The van der Waals surface area contributed by atoms with Crippen LogP contribution in [0.15, 0.2) is 114 Å². The number of hydrogen-bond donors (Lipinski definition) is 1. The third-order valence-electron chi connectivity index (χ3n) is 5.88. The Morgan fingerprint density at radius 2 is 1.33 bits per heavy atom. The van der Waals surface area contributed by atoms with Crippen LogP contribution in [0, 0.1) is 0 Å². The number of nitrogens with two attached hydrogens (primary N) is 1. The van der Waals surface area contributed by atoms with Gasteiger partial charge >= 0.3 is 0 Å². The van der Waals surface area contributed by atoms with Gasteiger partial charge in [0.25, 0.3) is 5.91 Å². The maximum atomic E-state index is 13.4. The predicted molar refractivity (Wildman–Crippen MR) is 130 cm³/mol. The summed E-state index contributed by atoms with van der Waals surface area (Å²) < 4.78 is 5.90. The molecular formula is C28H23N3O2. The van der Waals surface area contributed by atoms with E-state index in [-0.39, 0.29) is 11.9 Å². The first kappa shape index (κ1) is 20.5. The number of aliphatic imine (C=N–C) groups is 1. The summed E-state index contributed by atoms with van der Waals surface area (Å²) in [4.78, 5) is 19.5. The summed E-state index contributed by atoms with van der Waals surface area (Å²) in [5, 5.41) is 0. The Morgan fingerprint density at radius 1 is 0.727 bits per heavy atom. The van der Waals surface area contributed by atoms with Crippen molar-refractivity contribution < 1.29 is 9.53 Å². The van der Waals surface area contributed by atoms with Gasteiger partial charge in [-0.05, 0) is 52.6 Å². The highest BCUT2D eigenvalue weighted by Crippen LogP contribution is 2.40. The average Bonchev–Trinajstić information content (AvgIpc) is 3.10. The fourth-order valence-electron chi connectivity index (χ4n) is 4.13. The van der Waals surface area contributed by atoms with Gasteiger partial charge < -0.3 is 10.5 Å². The summed E-state index contributed by atoms with van der Waals surface area (Å²) in [7, 11) is 1.65. The van der Waals surface area contributed by atoms with Crippen LogP contribution in [-0.2, 0) is 10.3 Å². The molecule has 162 valence electrons. The van der Waals surface area contributed by atoms with E-state index in [0.717, 1.165) is 33.8 Å². The summed E-state index contributed by atoms with van der Waals surface area (Å²) in [6, 6.07) is 35.0. The maximum Gasteiger partial charge on any atom is 0.266 e. The summed E-state index contributed by atoms with van der Waals surface area (Å²) in [5.74, 6) is 1.58. The number of benzene rings is 4. The minimum absolute atomic E-state index is 0.171. The van der Waals surface area contributed by atoms with Gasteiger partial charge in [-0.2, -0.15) is 0 Å². The van der Waals surface area contributed by atoms with E-state index in [2.05, 4.69) is 4.99 Å². The Morgan fingerprint density at radius 3 is 1.97 bits per heavy atom. The summed E-state index contributed by atoms with van der Waals surface area (Å²) in [5.41, 5.74) is 8.43. The van der Waals surface area contributed by atoms with Crippen LogP contribution in [0.2, 0.25) is 0 Å². The fourth-order valence-corrected chi connectivity index (χ4v) is 4.13. The van der Waals surface area contributed by atoms with Crippen LogP contribution in [0.4, 0.5) is 0 Å². The molecule has 0 spiro atoms. The maximum absolute atomic E-state index is 13.4. The highest BCUT2D eigenvalue weighted by Gasteiger charge is 2.49. The molecule has 0 fully saturated rings. The van der Waals surface area contributed by atoms with Crippen LogP contribution in [0.1, 0.15) is 11.1 Å². The molecule has 1 unspecified atom stereocenters. The molecule has 0 aromatic heterocycles. The Bertz CT molecular complexity index is 1320. The van der Waals surface area contributed by atoms with Crippen molar-refractivity contribution in [2.24, 2.45) is 10.7 Å². The van der Waals surface area contributed by atoms with Crippen LogP contribution < -0.4 is 10.5 Å². The number of carbonyl (C=O) groups excluding carboxylic acids is 1. The summed E-state index contributed by atoms with van der Waals surface area (Å²) in [6.45, 7) is 0. The number of likely N-dealkylation sites (N-methyl/N-ethyl adjacent to an activating group) is 1. The lowest BCUT2D eigenvalue weighted by Gasteiger charge is -2.26. The first-order chi connectivity index (χ1) is 16.1. The first-order valence-electron chi connectivity index (χ1n) is 10.7. The molecule has 0 radical (unpaired) electrons. The number of para-hydroxylation sites is 1. The number of carbonyl (C=O) groups is 1. The van der Waals surface area contributed by atoms with Crippen LogP contribution in [0.5, 0.6) is 11.5 Å². The largest absolute Gasteiger partial charge is 0.457 e. The number of guanidine groups is 1. The molecule has 1 amide bonds. The second-order valence-corrected chi connectivity index (χ2v) is 7.93. The van der Waals surface area contributed by atoms with E-state index in [1.165, 1.54) is 4.90 Å². The topological polar surface area (TPSA) is 67.9 Å². The lowest BCUT2D eigenvalue weighted by Crippen LogP contribution is -2.41. The number of ether oxygens (including phenoxy) is 1. The van der Waals surface area contributed by atoms with Gasteiger partial charge in [-0.15, -0.1) is 0 Å². The van der Waals surface area contributed by atoms with Crippen molar-refractivity contribution in [2.45, 2.75) is 5.54 Å². The van der Waals surface area contributed by atoms with Crippen molar-refractivity contribution in [1.29, 1.82) is 0 Å². The van der Waals surface area contributed by atoms with Gasteiger partial charge in [-0.25, -0.2) is 4.99 Å². The molecule has 1 heterocycles. The highest BCUT2D eigenvalue weighted by molar-refractivity contribution is 6.09. The number of nitrogens with zero attached hydrogens (tertiary/aromatic N) is 2. The molecule has 0 bridgehead atoms. The predicted octanol–water partition coefficient (Wildman–Crippen LogP) is 5.18. The van der Waals surface area contributed by atoms with Crippen molar-refractivity contribution in [3.63, 3.8) is 0 Å². The van der Waals surface area contributed by atoms with Gasteiger partial charge in [-0.1, -0.05) is 78.9 Å². The Hall–Kier alpha value is -4.38. The molecule has 5 heteroatoms. The molecule has 0 aliphatic carbocycles. The Labute approximate surface area is 192 Å². The Kier molecular flexibility index (Phi) is 5.15. The number of amides is 1. The zero-order valence-electron chi connectivity index (χ0n) is 18.2. The second-order valence-electron chi connectivity index (χ2n) is 7.93. The van der Waals surface area contributed by atoms with Gasteiger partial charge in [0.15, 0.2) is 11.5 Å². The monoisotopic (exact) mass is 433 g/mol. The van der Waals surface area contributed by atoms with Crippen molar-refractivity contribution in [3.8, 4) is 22.6 Å². The van der Waals surface area contributed by atoms with E-state index in [9.17, 15) is 4.79 Å². The molecule has 1 aliphatic rings. The molecule has 4 aromatic carbocycles. The van der Waals surface area contributed by atoms with Crippen LogP contribution in [0.3, 0.4) is 0 Å². The fraction of sp³-hybridized carbons (Fsp3) is 0.0714. The minimum atomic E-state index is -1.20. The minimum Gasteiger partial charge on any atom is -0.457 e. The lowest BCUT2D eigenvalue weighted by molar-refractivity contribution is -0.129. The number of rotatable bonds is 5. The van der Waals surface area contributed by atoms with Crippen molar-refractivity contribution in [3.05, 3.63) is 120 Å². The molecule has 2 N–H and O–H groups in total. The first-order valence-corrected chi connectivity index (χ1v) is 10.7. The Balaban J connectivity index is 1.53. The molecule has 5 rings (SSSR count). The summed E-state index contributed by atoms with van der Waals surface area (Å²) >= 11 is 0. The van der Waals surface area contributed by atoms with Crippen molar-refractivity contribution >= 4 is 11.9 Å². The molecule has 5 nitrogen and oxygen atoms in total. The van der Waals surface area contributed by atoms with Gasteiger partial charge in [0, 0.05) is 7.05 Å². The standard InChI is InChI=1S/C28H23N3O2/c1-31-26(32)28(30-27(31)29,22-10-4-2-5-11-22)23-12-8-9-21(19-23)20-15-17-25(18-16-20)33-24-13-6-3-7-14-24/h2-19H,1H3,(H2,29,30). The average molecular weight is 434 g/mol. The van der Waals surface area contributed by atoms with Gasteiger partial charge in [0.1, 0.15) is 11.5 Å². The zero-order chi connectivity index (χ0) is 22.8. The highest BCUT2D eigenvalue weighted by atomic mass is 16.5.